The Kier molecular flexibility index (Phi) is 3.34. The first kappa shape index (κ1) is 9.01. The van der Waals surface area contributed by atoms with Crippen LogP contribution in [0.2, 0.25) is 0 Å². The molecule has 1 fully saturated rings. The van der Waals surface area contributed by atoms with E-state index in [-0.39, 0.29) is 0 Å². The second kappa shape index (κ2) is 4.07. The van der Waals surface area contributed by atoms with E-state index in [4.69, 9.17) is 9.47 Å². The van der Waals surface area contributed by atoms with Crippen LogP contribution >= 0.6 is 0 Å². The Labute approximate surface area is 68.9 Å². The molecule has 1 rings (SSSR count). The van der Waals surface area contributed by atoms with Gasteiger partial charge in [0.15, 0.2) is 0 Å². The van der Waals surface area contributed by atoms with Crippen molar-refractivity contribution in [1.29, 1.82) is 0 Å². The van der Waals surface area contributed by atoms with Gasteiger partial charge in [0.2, 0.25) is 0 Å². The minimum absolute atomic E-state index is 0.435. The number of ether oxygens (including phenoxy) is 2. The zero-order chi connectivity index (χ0) is 8.27. The molecule has 1 aliphatic rings. The first-order valence-corrected chi connectivity index (χ1v) is 4.29. The summed E-state index contributed by atoms with van der Waals surface area (Å²) in [6.07, 6.45) is 2.89. The predicted octanol–water partition coefficient (Wildman–Crippen LogP) is 1.69. The van der Waals surface area contributed by atoms with Gasteiger partial charge in [0, 0.05) is 20.1 Å². The predicted molar refractivity (Wildman–Crippen MR) is 44.6 cm³/mol. The number of rotatable bonds is 3. The molecule has 1 saturated carbocycles. The van der Waals surface area contributed by atoms with Crippen LogP contribution in [0.25, 0.3) is 0 Å². The molecule has 1 aliphatic carbocycles. The Morgan fingerprint density at radius 3 is 2.55 bits per heavy atom. The second-order valence-corrected chi connectivity index (χ2v) is 3.57. The van der Waals surface area contributed by atoms with Crippen LogP contribution in [0.15, 0.2) is 0 Å². The van der Waals surface area contributed by atoms with Gasteiger partial charge in [0.25, 0.3) is 0 Å². The van der Waals surface area contributed by atoms with Gasteiger partial charge < -0.3 is 9.47 Å². The van der Waals surface area contributed by atoms with E-state index in [0.717, 1.165) is 12.5 Å². The molecule has 0 N–H and O–H groups in total. The van der Waals surface area contributed by atoms with Crippen LogP contribution in [0, 0.1) is 11.8 Å². The summed E-state index contributed by atoms with van der Waals surface area (Å²) in [5, 5.41) is 0. The van der Waals surface area contributed by atoms with Gasteiger partial charge in [-0.25, -0.2) is 0 Å². The lowest BCUT2D eigenvalue weighted by atomic mass is 10.1. The van der Waals surface area contributed by atoms with Crippen molar-refractivity contribution in [3.63, 3.8) is 0 Å². The Bertz CT molecular complexity index is 114. The van der Waals surface area contributed by atoms with Crippen molar-refractivity contribution in [2.75, 3.05) is 20.8 Å². The third-order valence-electron chi connectivity index (χ3n) is 2.55. The van der Waals surface area contributed by atoms with Crippen LogP contribution in [0.3, 0.4) is 0 Å². The lowest BCUT2D eigenvalue weighted by Crippen LogP contribution is -2.20. The van der Waals surface area contributed by atoms with E-state index in [1.54, 1.807) is 14.2 Å². The fourth-order valence-electron chi connectivity index (χ4n) is 2.03. The quantitative estimate of drug-likeness (QED) is 0.622. The zero-order valence-electron chi connectivity index (χ0n) is 7.67. The van der Waals surface area contributed by atoms with Gasteiger partial charge in [-0.3, -0.25) is 0 Å². The molecule has 0 bridgehead atoms. The average Bonchev–Trinajstić information content (AvgIpc) is 2.32. The summed E-state index contributed by atoms with van der Waals surface area (Å²) in [5.41, 5.74) is 0. The van der Waals surface area contributed by atoms with Gasteiger partial charge in [-0.1, -0.05) is 6.92 Å². The fourth-order valence-corrected chi connectivity index (χ4v) is 2.03. The summed E-state index contributed by atoms with van der Waals surface area (Å²) in [6.45, 7) is 3.13. The molecule has 0 saturated heterocycles. The highest BCUT2D eigenvalue weighted by Gasteiger charge is 2.31. The highest BCUT2D eigenvalue weighted by atomic mass is 16.5. The van der Waals surface area contributed by atoms with E-state index in [2.05, 4.69) is 6.92 Å². The van der Waals surface area contributed by atoms with Crippen LogP contribution in [-0.4, -0.2) is 26.9 Å². The maximum absolute atomic E-state index is 5.37. The topological polar surface area (TPSA) is 18.5 Å². The van der Waals surface area contributed by atoms with Crippen LogP contribution in [-0.2, 0) is 9.47 Å². The molecule has 0 aromatic carbocycles. The summed E-state index contributed by atoms with van der Waals surface area (Å²) >= 11 is 0. The molecule has 66 valence electrons. The standard InChI is InChI=1S/C9H18O2/c1-7-4-8(6-10-2)9(5-7)11-3/h7-9H,4-6H2,1-3H3/t7-,8+,9+/m1/s1. The number of hydrogen-bond donors (Lipinski definition) is 0. The van der Waals surface area contributed by atoms with Crippen molar-refractivity contribution < 1.29 is 9.47 Å². The molecular weight excluding hydrogens is 140 g/mol. The molecule has 3 atom stereocenters. The van der Waals surface area contributed by atoms with Crippen molar-refractivity contribution in [2.45, 2.75) is 25.9 Å². The molecule has 2 heteroatoms. The number of methoxy groups -OCH3 is 2. The summed E-state index contributed by atoms with van der Waals surface area (Å²) in [5.74, 6) is 1.43. The Morgan fingerprint density at radius 2 is 2.00 bits per heavy atom. The largest absolute Gasteiger partial charge is 0.384 e. The monoisotopic (exact) mass is 158 g/mol. The normalized spacial score (nSPS) is 37.9. The van der Waals surface area contributed by atoms with Gasteiger partial charge in [-0.15, -0.1) is 0 Å². The second-order valence-electron chi connectivity index (χ2n) is 3.57. The maximum atomic E-state index is 5.37. The molecule has 0 unspecified atom stereocenters. The summed E-state index contributed by atoms with van der Waals surface area (Å²) < 4.78 is 10.5. The van der Waals surface area contributed by atoms with E-state index < -0.39 is 0 Å². The first-order valence-electron chi connectivity index (χ1n) is 4.29. The van der Waals surface area contributed by atoms with Crippen LogP contribution < -0.4 is 0 Å². The molecule has 0 aromatic rings. The van der Waals surface area contributed by atoms with Crippen molar-refractivity contribution in [3.05, 3.63) is 0 Å². The van der Waals surface area contributed by atoms with E-state index in [1.165, 1.54) is 12.8 Å². The lowest BCUT2D eigenvalue weighted by Gasteiger charge is -2.16. The van der Waals surface area contributed by atoms with Crippen molar-refractivity contribution in [2.24, 2.45) is 11.8 Å². The van der Waals surface area contributed by atoms with Crippen molar-refractivity contribution >= 4 is 0 Å². The highest BCUT2D eigenvalue weighted by molar-refractivity contribution is 4.81. The van der Waals surface area contributed by atoms with Crippen LogP contribution in [0.4, 0.5) is 0 Å². The van der Waals surface area contributed by atoms with Gasteiger partial charge in [-0.2, -0.15) is 0 Å². The summed E-state index contributed by atoms with van der Waals surface area (Å²) in [4.78, 5) is 0. The van der Waals surface area contributed by atoms with E-state index in [0.29, 0.717) is 12.0 Å². The third kappa shape index (κ3) is 2.17. The van der Waals surface area contributed by atoms with Gasteiger partial charge in [-0.05, 0) is 18.8 Å². The number of hydrogen-bond acceptors (Lipinski definition) is 2. The highest BCUT2D eigenvalue weighted by Crippen LogP contribution is 2.32. The molecule has 0 radical (unpaired) electrons. The van der Waals surface area contributed by atoms with E-state index in [1.807, 2.05) is 0 Å². The van der Waals surface area contributed by atoms with Gasteiger partial charge in [0.05, 0.1) is 12.7 Å². The van der Waals surface area contributed by atoms with E-state index in [9.17, 15) is 0 Å². The molecule has 0 aromatic heterocycles. The smallest absolute Gasteiger partial charge is 0.0624 e. The first-order chi connectivity index (χ1) is 5.27. The molecule has 2 nitrogen and oxygen atoms in total. The van der Waals surface area contributed by atoms with Gasteiger partial charge in [0.1, 0.15) is 0 Å². The minimum atomic E-state index is 0.435. The molecule has 0 spiro atoms. The molecule has 0 amide bonds. The van der Waals surface area contributed by atoms with Gasteiger partial charge >= 0.3 is 0 Å². The minimum Gasteiger partial charge on any atom is -0.384 e. The molecular formula is C9H18O2. The van der Waals surface area contributed by atoms with E-state index >= 15 is 0 Å². The SMILES string of the molecule is COC[C@@H]1C[C@@H](C)C[C@@H]1OC. The maximum Gasteiger partial charge on any atom is 0.0624 e. The average molecular weight is 158 g/mol. The molecule has 11 heavy (non-hydrogen) atoms. The van der Waals surface area contributed by atoms with Crippen molar-refractivity contribution in [3.8, 4) is 0 Å². The Morgan fingerprint density at radius 1 is 1.27 bits per heavy atom. The Balaban J connectivity index is 2.37. The Hall–Kier alpha value is -0.0800. The fraction of sp³-hybridized carbons (Fsp3) is 1.00. The summed E-state index contributed by atoms with van der Waals surface area (Å²) in [6, 6.07) is 0. The lowest BCUT2D eigenvalue weighted by molar-refractivity contribution is 0.0330. The van der Waals surface area contributed by atoms with Crippen LogP contribution in [0.5, 0.6) is 0 Å². The summed E-state index contributed by atoms with van der Waals surface area (Å²) in [7, 11) is 3.56. The third-order valence-corrected chi connectivity index (χ3v) is 2.55. The zero-order valence-corrected chi connectivity index (χ0v) is 7.67. The van der Waals surface area contributed by atoms with Crippen molar-refractivity contribution in [1.82, 2.24) is 0 Å². The molecule has 0 heterocycles. The van der Waals surface area contributed by atoms with Crippen LogP contribution in [0.1, 0.15) is 19.8 Å². The molecule has 0 aliphatic heterocycles.